The molecule has 1 aromatic heterocycles. The van der Waals surface area contributed by atoms with Gasteiger partial charge in [0.2, 0.25) is 15.3 Å². The van der Waals surface area contributed by atoms with Gasteiger partial charge in [0, 0.05) is 37.0 Å². The Labute approximate surface area is 217 Å². The fourth-order valence-electron chi connectivity index (χ4n) is 4.60. The van der Waals surface area contributed by atoms with Crippen molar-refractivity contribution in [2.75, 3.05) is 6.61 Å². The number of nitrogens with zero attached hydrogens (tertiary/aromatic N) is 1. The van der Waals surface area contributed by atoms with Crippen LogP contribution < -0.4 is 10.7 Å². The number of nitrogens with one attached hydrogen (secondary N) is 2. The molecule has 3 heterocycles. The zero-order chi connectivity index (χ0) is 26.2. The molecule has 11 heteroatoms. The van der Waals surface area contributed by atoms with Gasteiger partial charge >= 0.3 is 0 Å². The number of amides is 1. The number of carbonyl (C=O) groups is 1. The van der Waals surface area contributed by atoms with Crippen molar-refractivity contribution >= 4 is 44.5 Å². The highest BCUT2D eigenvalue weighted by atomic mass is 35.5. The quantitative estimate of drug-likeness (QED) is 0.468. The normalized spacial score (nSPS) is 21.1. The second kappa shape index (κ2) is 9.85. The van der Waals surface area contributed by atoms with Crippen LogP contribution in [0.1, 0.15) is 35.2 Å². The molecule has 5 rings (SSSR count). The van der Waals surface area contributed by atoms with Crippen LogP contribution in [0, 0.1) is 5.82 Å². The third kappa shape index (κ3) is 4.72. The predicted octanol–water partition coefficient (Wildman–Crippen LogP) is 3.93. The first-order valence-corrected chi connectivity index (χ1v) is 13.5. The number of carbonyl (C=O) groups excluding carboxylic acids is 1. The summed E-state index contributed by atoms with van der Waals surface area (Å²) in [6.07, 6.45) is 6.77. The molecular formula is C26H23ClFN3O5S. The number of benzene rings is 2. The van der Waals surface area contributed by atoms with Gasteiger partial charge < -0.3 is 15.0 Å². The number of sulfone groups is 1. The Morgan fingerprint density at radius 3 is 2.73 bits per heavy atom. The summed E-state index contributed by atoms with van der Waals surface area (Å²) in [6.45, 7) is 0.670. The molecule has 0 aliphatic carbocycles. The first-order valence-electron chi connectivity index (χ1n) is 11.7. The summed E-state index contributed by atoms with van der Waals surface area (Å²) in [5.74, 6) is -1.62. The van der Waals surface area contributed by atoms with Crippen LogP contribution in [0.3, 0.4) is 0 Å². The van der Waals surface area contributed by atoms with Gasteiger partial charge in [0.05, 0.1) is 21.9 Å². The van der Waals surface area contributed by atoms with Gasteiger partial charge in [-0.2, -0.15) is 0 Å². The Bertz CT molecular complexity index is 1580. The topological polar surface area (TPSA) is 118 Å². The number of rotatable bonds is 7. The fourth-order valence-corrected chi connectivity index (χ4v) is 6.53. The third-order valence-electron chi connectivity index (χ3n) is 6.58. The van der Waals surface area contributed by atoms with Crippen molar-refractivity contribution in [3.05, 3.63) is 86.9 Å². The molecule has 192 valence electrons. The van der Waals surface area contributed by atoms with Crippen LogP contribution in [0.5, 0.6) is 0 Å². The van der Waals surface area contributed by atoms with Crippen molar-refractivity contribution in [1.29, 1.82) is 0 Å². The molecule has 1 amide bonds. The molecule has 0 saturated carbocycles. The van der Waals surface area contributed by atoms with Crippen molar-refractivity contribution in [3.63, 3.8) is 0 Å². The second-order valence-corrected chi connectivity index (χ2v) is 11.6. The molecule has 0 spiro atoms. The maximum absolute atomic E-state index is 15.1. The summed E-state index contributed by atoms with van der Waals surface area (Å²) in [5, 5.41) is 2.93. The number of pyridine rings is 1. The Balaban J connectivity index is 1.50. The van der Waals surface area contributed by atoms with Crippen molar-refractivity contribution in [2.45, 2.75) is 41.7 Å². The second-order valence-electron chi connectivity index (χ2n) is 8.99. The largest absolute Gasteiger partial charge is 0.378 e. The van der Waals surface area contributed by atoms with Crippen molar-refractivity contribution in [2.24, 2.45) is 4.99 Å². The van der Waals surface area contributed by atoms with E-state index in [1.165, 1.54) is 18.4 Å². The maximum atomic E-state index is 15.1. The van der Waals surface area contributed by atoms with Gasteiger partial charge in [0.1, 0.15) is 11.4 Å². The average Bonchev–Trinajstić information content (AvgIpc) is 3.57. The first-order chi connectivity index (χ1) is 17.7. The molecule has 0 radical (unpaired) electrons. The highest BCUT2D eigenvalue weighted by molar-refractivity contribution is 7.93. The van der Waals surface area contributed by atoms with E-state index in [4.69, 9.17) is 16.3 Å². The molecule has 2 aromatic carbocycles. The Morgan fingerprint density at radius 2 is 2.05 bits per heavy atom. The zero-order valence-corrected chi connectivity index (χ0v) is 21.1. The third-order valence-corrected chi connectivity index (χ3v) is 9.03. The summed E-state index contributed by atoms with van der Waals surface area (Å²) in [6, 6.07) is 8.77. The lowest BCUT2D eigenvalue weighted by Gasteiger charge is -2.27. The molecule has 0 bridgehead atoms. The summed E-state index contributed by atoms with van der Waals surface area (Å²) in [5.41, 5.74) is -0.506. The van der Waals surface area contributed by atoms with Gasteiger partial charge in [0.15, 0.2) is 4.87 Å². The number of aromatic amines is 1. The fraction of sp³-hybridized carbons (Fsp3) is 0.269. The van der Waals surface area contributed by atoms with E-state index in [2.05, 4.69) is 15.3 Å². The van der Waals surface area contributed by atoms with Gasteiger partial charge in [-0.3, -0.25) is 14.6 Å². The SMILES string of the molecule is O=C(NCc1ccc(Cl)cc1)c1c[nH]c2c(F)cc(S(=O)(=O)C3(CC4CCCO4)C=CC=N3)cc2c1=O. The van der Waals surface area contributed by atoms with Crippen LogP contribution in [0.15, 0.2) is 69.4 Å². The van der Waals surface area contributed by atoms with Gasteiger partial charge in [-0.1, -0.05) is 23.7 Å². The zero-order valence-electron chi connectivity index (χ0n) is 19.5. The van der Waals surface area contributed by atoms with Gasteiger partial charge in [-0.05, 0) is 54.8 Å². The molecule has 8 nitrogen and oxygen atoms in total. The van der Waals surface area contributed by atoms with Crippen molar-refractivity contribution in [1.82, 2.24) is 10.3 Å². The van der Waals surface area contributed by atoms with E-state index >= 15 is 4.39 Å². The van der Waals surface area contributed by atoms with E-state index in [1.807, 2.05) is 0 Å². The van der Waals surface area contributed by atoms with Crippen molar-refractivity contribution < 1.29 is 22.3 Å². The lowest BCUT2D eigenvalue weighted by atomic mass is 10.1. The number of ether oxygens (including phenoxy) is 1. The lowest BCUT2D eigenvalue weighted by Crippen LogP contribution is -2.37. The number of halogens is 2. The Kier molecular flexibility index (Phi) is 6.74. The number of aliphatic imine (C=N–C) groups is 1. The highest BCUT2D eigenvalue weighted by Gasteiger charge is 2.46. The molecule has 3 aromatic rings. The maximum Gasteiger partial charge on any atom is 0.257 e. The minimum absolute atomic E-state index is 0.0749. The summed E-state index contributed by atoms with van der Waals surface area (Å²) in [7, 11) is -4.27. The summed E-state index contributed by atoms with van der Waals surface area (Å²) < 4.78 is 48.2. The van der Waals surface area contributed by atoms with Gasteiger partial charge in [-0.25, -0.2) is 12.8 Å². The standard InChI is InChI=1S/C26H23ClFN3O5S/c27-17-6-4-16(5-7-17)14-30-25(33)21-15-29-23-20(24(21)32)11-19(12-22(23)28)37(34,35)26(8-2-9-31-26)13-18-3-1-10-36-18/h2,4-9,11-12,15,18H,1,3,10,13-14H2,(H,29,32)(H,30,33). The highest BCUT2D eigenvalue weighted by Crippen LogP contribution is 2.38. The van der Waals surface area contributed by atoms with E-state index in [-0.39, 0.29) is 35.5 Å². The number of hydrogen-bond donors (Lipinski definition) is 2. The van der Waals surface area contributed by atoms with Crippen LogP contribution >= 0.6 is 11.6 Å². The molecule has 1 fully saturated rings. The minimum atomic E-state index is -4.27. The monoisotopic (exact) mass is 543 g/mol. The van der Waals surface area contributed by atoms with Crippen LogP contribution in [-0.4, -0.2) is 43.1 Å². The van der Waals surface area contributed by atoms with E-state index in [9.17, 15) is 18.0 Å². The van der Waals surface area contributed by atoms with Crippen LogP contribution in [0.25, 0.3) is 10.9 Å². The number of hydrogen-bond acceptors (Lipinski definition) is 6. The van der Waals surface area contributed by atoms with Gasteiger partial charge in [-0.15, -0.1) is 0 Å². The van der Waals surface area contributed by atoms with Crippen LogP contribution in [-0.2, 0) is 21.1 Å². The van der Waals surface area contributed by atoms with E-state index in [0.29, 0.717) is 18.1 Å². The molecule has 37 heavy (non-hydrogen) atoms. The van der Waals surface area contributed by atoms with E-state index in [0.717, 1.165) is 30.3 Å². The Morgan fingerprint density at radius 1 is 1.27 bits per heavy atom. The molecule has 2 unspecified atom stereocenters. The number of H-pyrrole nitrogens is 1. The molecule has 2 atom stereocenters. The Hall–Kier alpha value is -3.34. The number of fused-ring (bicyclic) bond motifs is 1. The van der Waals surface area contributed by atoms with Crippen molar-refractivity contribution in [3.8, 4) is 0 Å². The van der Waals surface area contributed by atoms with E-state index in [1.54, 1.807) is 24.3 Å². The van der Waals surface area contributed by atoms with E-state index < -0.39 is 36.8 Å². The number of allylic oxidation sites excluding steroid dienone is 1. The lowest BCUT2D eigenvalue weighted by molar-refractivity contribution is 0.0949. The van der Waals surface area contributed by atoms with Crippen LogP contribution in [0.2, 0.25) is 5.02 Å². The van der Waals surface area contributed by atoms with Gasteiger partial charge in [0.25, 0.3) is 5.91 Å². The molecule has 1 saturated heterocycles. The summed E-state index contributed by atoms with van der Waals surface area (Å²) >= 11 is 5.87. The smallest absolute Gasteiger partial charge is 0.257 e. The molecule has 2 N–H and O–H groups in total. The van der Waals surface area contributed by atoms with Crippen LogP contribution in [0.4, 0.5) is 4.39 Å². The molecule has 2 aliphatic rings. The molecular weight excluding hydrogens is 521 g/mol. The first kappa shape index (κ1) is 25.3. The molecule has 2 aliphatic heterocycles. The summed E-state index contributed by atoms with van der Waals surface area (Å²) in [4.78, 5) is 30.8. The predicted molar refractivity (Wildman–Crippen MR) is 138 cm³/mol. The average molecular weight is 544 g/mol. The number of aromatic nitrogens is 1. The minimum Gasteiger partial charge on any atom is -0.378 e.